The van der Waals surface area contributed by atoms with E-state index in [1.54, 1.807) is 23.1 Å². The zero-order chi connectivity index (χ0) is 19.3. The summed E-state index contributed by atoms with van der Waals surface area (Å²) >= 11 is 5.95. The lowest BCUT2D eigenvalue weighted by molar-refractivity contribution is -0.117. The molecular formula is C21H25ClN2O2. The van der Waals surface area contributed by atoms with Gasteiger partial charge in [0.1, 0.15) is 0 Å². The number of nitrogens with zero attached hydrogens (tertiary/aromatic N) is 1. The zero-order valence-electron chi connectivity index (χ0n) is 15.7. The smallest absolute Gasteiger partial charge is 0.226 e. The van der Waals surface area contributed by atoms with E-state index in [9.17, 15) is 9.59 Å². The predicted octanol–water partition coefficient (Wildman–Crippen LogP) is 4.90. The molecule has 2 rings (SSSR count). The second-order valence-electron chi connectivity index (χ2n) is 6.36. The minimum atomic E-state index is -0.131. The van der Waals surface area contributed by atoms with E-state index in [1.807, 2.05) is 32.0 Å². The van der Waals surface area contributed by atoms with Gasteiger partial charge >= 0.3 is 0 Å². The van der Waals surface area contributed by atoms with Crippen molar-refractivity contribution in [3.63, 3.8) is 0 Å². The summed E-state index contributed by atoms with van der Waals surface area (Å²) in [6.07, 6.45) is 1.05. The van der Waals surface area contributed by atoms with Crippen molar-refractivity contribution >= 4 is 34.8 Å². The lowest BCUT2D eigenvalue weighted by Gasteiger charge is -2.25. The minimum absolute atomic E-state index is 0.0653. The summed E-state index contributed by atoms with van der Waals surface area (Å²) in [6.45, 7) is 7.82. The summed E-state index contributed by atoms with van der Waals surface area (Å²) in [5.41, 5.74) is 4.70. The number of benzene rings is 2. The van der Waals surface area contributed by atoms with Gasteiger partial charge in [0.05, 0.1) is 0 Å². The van der Waals surface area contributed by atoms with Crippen molar-refractivity contribution in [1.29, 1.82) is 0 Å². The molecule has 0 atom stereocenters. The maximum Gasteiger partial charge on any atom is 0.226 e. The Bertz CT molecular complexity index is 818. The van der Waals surface area contributed by atoms with Crippen LogP contribution in [0.1, 0.15) is 37.0 Å². The number of para-hydroxylation sites is 1. The Morgan fingerprint density at radius 2 is 1.85 bits per heavy atom. The molecule has 0 aliphatic carbocycles. The highest BCUT2D eigenvalue weighted by Crippen LogP contribution is 2.26. The van der Waals surface area contributed by atoms with Gasteiger partial charge in [-0.15, -0.1) is 0 Å². The predicted molar refractivity (Wildman–Crippen MR) is 108 cm³/mol. The van der Waals surface area contributed by atoms with Gasteiger partial charge in [-0.05, 0) is 55.2 Å². The molecule has 0 aromatic heterocycles. The van der Waals surface area contributed by atoms with E-state index in [2.05, 4.69) is 12.2 Å². The number of carbonyl (C=O) groups is 2. The number of anilines is 2. The lowest BCUT2D eigenvalue weighted by atomic mass is 10.0. The van der Waals surface area contributed by atoms with Crippen LogP contribution in [0.4, 0.5) is 11.4 Å². The third-order valence-corrected chi connectivity index (χ3v) is 4.61. The molecule has 2 aromatic carbocycles. The summed E-state index contributed by atoms with van der Waals surface area (Å²) in [5, 5.41) is 3.53. The van der Waals surface area contributed by atoms with Gasteiger partial charge in [0.25, 0.3) is 0 Å². The molecule has 0 bridgehead atoms. The van der Waals surface area contributed by atoms with Crippen molar-refractivity contribution in [3.05, 3.63) is 58.1 Å². The molecule has 5 heteroatoms. The van der Waals surface area contributed by atoms with Gasteiger partial charge in [-0.3, -0.25) is 9.59 Å². The van der Waals surface area contributed by atoms with E-state index in [-0.39, 0.29) is 18.2 Å². The van der Waals surface area contributed by atoms with Gasteiger partial charge in [0, 0.05) is 36.3 Å². The van der Waals surface area contributed by atoms with E-state index in [0.717, 1.165) is 34.5 Å². The molecule has 2 amide bonds. The fourth-order valence-corrected chi connectivity index (χ4v) is 3.24. The van der Waals surface area contributed by atoms with Gasteiger partial charge < -0.3 is 10.2 Å². The van der Waals surface area contributed by atoms with Crippen LogP contribution in [0.5, 0.6) is 0 Å². The molecule has 2 aromatic rings. The molecule has 0 radical (unpaired) electrons. The summed E-state index contributed by atoms with van der Waals surface area (Å²) < 4.78 is 0. The Labute approximate surface area is 160 Å². The van der Waals surface area contributed by atoms with Crippen LogP contribution < -0.4 is 10.2 Å². The first-order valence-corrected chi connectivity index (χ1v) is 9.13. The lowest BCUT2D eigenvalue weighted by Crippen LogP contribution is -2.33. The second-order valence-corrected chi connectivity index (χ2v) is 6.80. The molecule has 26 heavy (non-hydrogen) atoms. The molecule has 138 valence electrons. The summed E-state index contributed by atoms with van der Waals surface area (Å²) in [5.74, 6) is -0.197. The molecule has 0 spiro atoms. The standard InChI is InChI=1S/C21H25ClN2O2/c1-5-17-8-6-7-14(2)21(17)24(16(4)25)12-11-20(26)23-19-10-9-18(22)13-15(19)3/h6-10,13H,5,11-12H2,1-4H3,(H,23,26). The van der Waals surface area contributed by atoms with E-state index < -0.39 is 0 Å². The molecule has 0 aliphatic rings. The second kappa shape index (κ2) is 8.86. The van der Waals surface area contributed by atoms with Crippen LogP contribution in [0.2, 0.25) is 5.02 Å². The van der Waals surface area contributed by atoms with Gasteiger partial charge in [-0.25, -0.2) is 0 Å². The van der Waals surface area contributed by atoms with Crippen molar-refractivity contribution in [2.24, 2.45) is 0 Å². The Balaban J connectivity index is 2.12. The van der Waals surface area contributed by atoms with Crippen molar-refractivity contribution < 1.29 is 9.59 Å². The fraction of sp³-hybridized carbons (Fsp3) is 0.333. The van der Waals surface area contributed by atoms with E-state index in [4.69, 9.17) is 11.6 Å². The molecule has 0 saturated carbocycles. The summed E-state index contributed by atoms with van der Waals surface area (Å²) in [6, 6.07) is 11.3. The Hall–Kier alpha value is -2.33. The maximum atomic E-state index is 12.4. The average Bonchev–Trinajstić information content (AvgIpc) is 2.58. The minimum Gasteiger partial charge on any atom is -0.326 e. The van der Waals surface area contributed by atoms with Crippen molar-refractivity contribution in [2.45, 2.75) is 40.5 Å². The molecule has 0 fully saturated rings. The van der Waals surface area contributed by atoms with Gasteiger partial charge in [0.2, 0.25) is 11.8 Å². The van der Waals surface area contributed by atoms with E-state index in [1.165, 1.54) is 6.92 Å². The number of hydrogen-bond donors (Lipinski definition) is 1. The highest BCUT2D eigenvalue weighted by atomic mass is 35.5. The number of halogens is 1. The first kappa shape index (κ1) is 20.0. The van der Waals surface area contributed by atoms with Crippen molar-refractivity contribution in [1.82, 2.24) is 0 Å². The molecule has 0 saturated heterocycles. The number of carbonyl (C=O) groups excluding carboxylic acids is 2. The van der Waals surface area contributed by atoms with Gasteiger partial charge in [0.15, 0.2) is 0 Å². The van der Waals surface area contributed by atoms with Crippen LogP contribution in [-0.2, 0) is 16.0 Å². The fourth-order valence-electron chi connectivity index (χ4n) is 3.01. The third-order valence-electron chi connectivity index (χ3n) is 4.38. The molecule has 0 unspecified atom stereocenters. The molecule has 0 heterocycles. The molecule has 4 nitrogen and oxygen atoms in total. The quantitative estimate of drug-likeness (QED) is 0.783. The number of rotatable bonds is 6. The molecular weight excluding hydrogens is 348 g/mol. The van der Waals surface area contributed by atoms with Crippen LogP contribution in [0.25, 0.3) is 0 Å². The third kappa shape index (κ3) is 4.85. The van der Waals surface area contributed by atoms with Crippen LogP contribution in [0.15, 0.2) is 36.4 Å². The number of nitrogens with one attached hydrogen (secondary N) is 1. The SMILES string of the molecule is CCc1cccc(C)c1N(CCC(=O)Nc1ccc(Cl)cc1C)C(C)=O. The highest BCUT2D eigenvalue weighted by Gasteiger charge is 2.18. The van der Waals surface area contributed by atoms with Crippen LogP contribution >= 0.6 is 11.6 Å². The van der Waals surface area contributed by atoms with Crippen LogP contribution in [-0.4, -0.2) is 18.4 Å². The average molecular weight is 373 g/mol. The first-order chi connectivity index (χ1) is 12.3. The highest BCUT2D eigenvalue weighted by molar-refractivity contribution is 6.30. The van der Waals surface area contributed by atoms with Crippen molar-refractivity contribution in [2.75, 3.05) is 16.8 Å². The topological polar surface area (TPSA) is 49.4 Å². The number of aryl methyl sites for hydroxylation is 3. The Morgan fingerprint density at radius 3 is 2.46 bits per heavy atom. The van der Waals surface area contributed by atoms with Crippen LogP contribution in [0, 0.1) is 13.8 Å². The summed E-state index contributed by atoms with van der Waals surface area (Å²) in [7, 11) is 0. The maximum absolute atomic E-state index is 12.4. The zero-order valence-corrected chi connectivity index (χ0v) is 16.5. The number of hydrogen-bond acceptors (Lipinski definition) is 2. The Morgan fingerprint density at radius 1 is 1.12 bits per heavy atom. The Kier molecular flexibility index (Phi) is 6.81. The van der Waals surface area contributed by atoms with Crippen molar-refractivity contribution in [3.8, 4) is 0 Å². The van der Waals surface area contributed by atoms with Crippen LogP contribution in [0.3, 0.4) is 0 Å². The summed E-state index contributed by atoms with van der Waals surface area (Å²) in [4.78, 5) is 26.3. The van der Waals surface area contributed by atoms with E-state index >= 15 is 0 Å². The molecule has 0 aliphatic heterocycles. The van der Waals surface area contributed by atoms with Gasteiger partial charge in [-0.2, -0.15) is 0 Å². The number of amides is 2. The normalized spacial score (nSPS) is 10.5. The monoisotopic (exact) mass is 372 g/mol. The van der Waals surface area contributed by atoms with Gasteiger partial charge in [-0.1, -0.05) is 36.7 Å². The largest absolute Gasteiger partial charge is 0.326 e. The molecule has 1 N–H and O–H groups in total. The van der Waals surface area contributed by atoms with E-state index in [0.29, 0.717) is 11.6 Å². The first-order valence-electron chi connectivity index (χ1n) is 8.76.